The highest BCUT2D eigenvalue weighted by molar-refractivity contribution is 5.23. The molecule has 0 saturated heterocycles. The number of hydrogen-bond donors (Lipinski definition) is 1. The Morgan fingerprint density at radius 3 is 2.41 bits per heavy atom. The van der Waals surface area contributed by atoms with Crippen LogP contribution in [0.25, 0.3) is 0 Å². The third-order valence-corrected chi connectivity index (χ3v) is 3.41. The van der Waals surface area contributed by atoms with Gasteiger partial charge < -0.3 is 5.11 Å². The van der Waals surface area contributed by atoms with Crippen molar-refractivity contribution >= 4 is 0 Å². The van der Waals surface area contributed by atoms with Crippen LogP contribution in [-0.4, -0.2) is 31.5 Å². The maximum absolute atomic E-state index is 9.06. The van der Waals surface area contributed by atoms with Crippen LogP contribution in [-0.2, 0) is 19.4 Å². The van der Waals surface area contributed by atoms with E-state index in [1.54, 1.807) is 0 Å². The highest BCUT2D eigenvalue weighted by Crippen LogP contribution is 2.13. The molecule has 0 aliphatic carbocycles. The normalized spacial score (nSPS) is 11.4. The smallest absolute Gasteiger partial charge is 0.151 e. The van der Waals surface area contributed by atoms with Crippen molar-refractivity contribution < 1.29 is 5.11 Å². The van der Waals surface area contributed by atoms with Gasteiger partial charge in [-0.2, -0.15) is 5.10 Å². The summed E-state index contributed by atoms with van der Waals surface area (Å²) in [7, 11) is 0. The summed E-state index contributed by atoms with van der Waals surface area (Å²) < 4.78 is 1.94. The molecule has 1 N–H and O–H groups in total. The Kier molecular flexibility index (Phi) is 5.66. The first kappa shape index (κ1) is 16.6. The second-order valence-electron chi connectivity index (χ2n) is 6.28. The molecule has 0 unspecified atom stereocenters. The first-order chi connectivity index (χ1) is 10.5. The number of rotatable bonds is 7. The molecule has 0 amide bonds. The largest absolute Gasteiger partial charge is 0.396 e. The number of hydrogen-bond acceptors (Lipinski definition) is 4. The Hall–Kier alpha value is -1.75. The first-order valence-corrected chi connectivity index (χ1v) is 7.95. The van der Waals surface area contributed by atoms with E-state index in [9.17, 15) is 0 Å². The molecule has 0 aliphatic rings. The zero-order valence-electron chi connectivity index (χ0n) is 14.0. The SMILES string of the molecule is Cc1cc(Cc2nc(CC(C)C)nn2CCCO)cc(C)n1. The number of pyridine rings is 1. The van der Waals surface area contributed by atoms with Gasteiger partial charge in [0.1, 0.15) is 5.82 Å². The van der Waals surface area contributed by atoms with Crippen molar-refractivity contribution in [2.45, 2.75) is 53.5 Å². The van der Waals surface area contributed by atoms with Crippen LogP contribution in [0.1, 0.15) is 48.9 Å². The van der Waals surface area contributed by atoms with Gasteiger partial charge in [0.2, 0.25) is 0 Å². The minimum atomic E-state index is 0.173. The molecule has 0 bridgehead atoms. The molecule has 120 valence electrons. The lowest BCUT2D eigenvalue weighted by Crippen LogP contribution is -2.08. The number of aryl methyl sites for hydroxylation is 3. The fraction of sp³-hybridized carbons (Fsp3) is 0.588. The predicted molar refractivity (Wildman–Crippen MR) is 86.8 cm³/mol. The Bertz CT molecular complexity index is 599. The lowest BCUT2D eigenvalue weighted by molar-refractivity contribution is 0.276. The molecule has 2 aromatic rings. The Morgan fingerprint density at radius 1 is 1.14 bits per heavy atom. The minimum Gasteiger partial charge on any atom is -0.396 e. The summed E-state index contributed by atoms with van der Waals surface area (Å²) in [6, 6.07) is 4.19. The summed E-state index contributed by atoms with van der Waals surface area (Å²) in [6.07, 6.45) is 2.33. The number of aliphatic hydroxyl groups excluding tert-OH is 1. The summed E-state index contributed by atoms with van der Waals surface area (Å²) in [6.45, 7) is 9.24. The maximum Gasteiger partial charge on any atom is 0.151 e. The van der Waals surface area contributed by atoms with Crippen molar-refractivity contribution in [1.29, 1.82) is 0 Å². The van der Waals surface area contributed by atoms with Gasteiger partial charge in [0.05, 0.1) is 0 Å². The molecule has 5 nitrogen and oxygen atoms in total. The topological polar surface area (TPSA) is 63.8 Å². The van der Waals surface area contributed by atoms with Crippen molar-refractivity contribution in [2.24, 2.45) is 5.92 Å². The van der Waals surface area contributed by atoms with Crippen LogP contribution in [0.5, 0.6) is 0 Å². The fourth-order valence-electron chi connectivity index (χ4n) is 2.61. The molecule has 0 aromatic carbocycles. The molecule has 0 saturated carbocycles. The molecule has 0 fully saturated rings. The van der Waals surface area contributed by atoms with Crippen molar-refractivity contribution in [3.8, 4) is 0 Å². The summed E-state index contributed by atoms with van der Waals surface area (Å²) in [5.74, 6) is 2.39. The molecular weight excluding hydrogens is 276 g/mol. The summed E-state index contributed by atoms with van der Waals surface area (Å²) >= 11 is 0. The quantitative estimate of drug-likeness (QED) is 0.853. The van der Waals surface area contributed by atoms with Crippen LogP contribution in [0.3, 0.4) is 0 Å². The van der Waals surface area contributed by atoms with E-state index in [-0.39, 0.29) is 6.61 Å². The van der Waals surface area contributed by atoms with Crippen LogP contribution in [0.2, 0.25) is 0 Å². The summed E-state index contributed by atoms with van der Waals surface area (Å²) in [5, 5.41) is 13.7. The van der Waals surface area contributed by atoms with Gasteiger partial charge in [-0.25, -0.2) is 9.67 Å². The molecule has 2 heterocycles. The number of aromatic nitrogens is 4. The van der Waals surface area contributed by atoms with E-state index in [1.807, 2.05) is 18.5 Å². The van der Waals surface area contributed by atoms with Gasteiger partial charge in [-0.3, -0.25) is 4.98 Å². The standard InChI is InChI=1S/C17H26N4O/c1-12(2)8-16-19-17(21(20-16)6-5-7-22)11-15-9-13(3)18-14(4)10-15/h9-10,12,22H,5-8,11H2,1-4H3. The monoisotopic (exact) mass is 302 g/mol. The van der Waals surface area contributed by atoms with Crippen LogP contribution in [0, 0.1) is 19.8 Å². The zero-order valence-corrected chi connectivity index (χ0v) is 14.0. The predicted octanol–water partition coefficient (Wildman–Crippen LogP) is 2.46. The van der Waals surface area contributed by atoms with Crippen molar-refractivity contribution in [3.63, 3.8) is 0 Å². The highest BCUT2D eigenvalue weighted by atomic mass is 16.3. The second kappa shape index (κ2) is 7.49. The van der Waals surface area contributed by atoms with E-state index in [0.717, 1.165) is 35.9 Å². The van der Waals surface area contributed by atoms with E-state index in [4.69, 9.17) is 10.1 Å². The van der Waals surface area contributed by atoms with Gasteiger partial charge in [0.15, 0.2) is 5.82 Å². The first-order valence-electron chi connectivity index (χ1n) is 7.95. The van der Waals surface area contributed by atoms with Crippen LogP contribution in [0.4, 0.5) is 0 Å². The van der Waals surface area contributed by atoms with E-state index < -0.39 is 0 Å². The molecular formula is C17H26N4O. The minimum absolute atomic E-state index is 0.173. The maximum atomic E-state index is 9.06. The van der Waals surface area contributed by atoms with Crippen molar-refractivity contribution in [1.82, 2.24) is 19.7 Å². The van der Waals surface area contributed by atoms with Crippen LogP contribution < -0.4 is 0 Å². The van der Waals surface area contributed by atoms with Gasteiger partial charge in [-0.05, 0) is 43.9 Å². The summed E-state index contributed by atoms with van der Waals surface area (Å²) in [4.78, 5) is 9.12. The average molecular weight is 302 g/mol. The Labute approximate surface area is 132 Å². The summed E-state index contributed by atoms with van der Waals surface area (Å²) in [5.41, 5.74) is 3.26. The molecule has 22 heavy (non-hydrogen) atoms. The van der Waals surface area contributed by atoms with E-state index in [2.05, 4.69) is 36.1 Å². The van der Waals surface area contributed by atoms with E-state index in [1.165, 1.54) is 5.56 Å². The Morgan fingerprint density at radius 2 is 1.82 bits per heavy atom. The van der Waals surface area contributed by atoms with Crippen molar-refractivity contribution in [2.75, 3.05) is 6.61 Å². The van der Waals surface area contributed by atoms with Crippen molar-refractivity contribution in [3.05, 3.63) is 40.7 Å². The van der Waals surface area contributed by atoms with Crippen LogP contribution >= 0.6 is 0 Å². The molecule has 5 heteroatoms. The van der Waals surface area contributed by atoms with Gasteiger partial charge in [-0.1, -0.05) is 13.8 Å². The Balaban J connectivity index is 2.24. The lowest BCUT2D eigenvalue weighted by atomic mass is 10.1. The molecule has 2 rings (SSSR count). The fourth-order valence-corrected chi connectivity index (χ4v) is 2.61. The molecule has 0 radical (unpaired) electrons. The zero-order chi connectivity index (χ0) is 16.1. The van der Waals surface area contributed by atoms with Crippen LogP contribution in [0.15, 0.2) is 12.1 Å². The molecule has 0 atom stereocenters. The number of nitrogens with zero attached hydrogens (tertiary/aromatic N) is 4. The van der Waals surface area contributed by atoms with Gasteiger partial charge in [0, 0.05) is 37.4 Å². The second-order valence-corrected chi connectivity index (χ2v) is 6.28. The third kappa shape index (κ3) is 4.63. The molecule has 0 aliphatic heterocycles. The van der Waals surface area contributed by atoms with Gasteiger partial charge in [0.25, 0.3) is 0 Å². The molecule has 2 aromatic heterocycles. The molecule has 0 spiro atoms. The number of aliphatic hydroxyl groups is 1. The van der Waals surface area contributed by atoms with Gasteiger partial charge >= 0.3 is 0 Å². The lowest BCUT2D eigenvalue weighted by Gasteiger charge is -2.06. The van der Waals surface area contributed by atoms with E-state index >= 15 is 0 Å². The highest BCUT2D eigenvalue weighted by Gasteiger charge is 2.12. The van der Waals surface area contributed by atoms with E-state index in [0.29, 0.717) is 18.9 Å². The average Bonchev–Trinajstić information content (AvgIpc) is 2.76. The van der Waals surface area contributed by atoms with Gasteiger partial charge in [-0.15, -0.1) is 0 Å². The third-order valence-electron chi connectivity index (χ3n) is 3.41.